The van der Waals surface area contributed by atoms with Crippen molar-refractivity contribution in [2.45, 2.75) is 6.23 Å². The number of carbonyl (C=O) groups excluding carboxylic acids is 1. The molecule has 13 heavy (non-hydrogen) atoms. The lowest BCUT2D eigenvalue weighted by Crippen LogP contribution is -2.32. The van der Waals surface area contributed by atoms with Crippen LogP contribution in [-0.2, 0) is 0 Å². The third-order valence-corrected chi connectivity index (χ3v) is 1.43. The Bertz CT molecular complexity index is 298. The van der Waals surface area contributed by atoms with E-state index in [0.717, 1.165) is 0 Å². The Hall–Kier alpha value is -1.68. The summed E-state index contributed by atoms with van der Waals surface area (Å²) in [5, 5.41) is 11.3. The summed E-state index contributed by atoms with van der Waals surface area (Å²) in [6.07, 6.45) is 3.20. The van der Waals surface area contributed by atoms with Crippen molar-refractivity contribution in [1.82, 2.24) is 10.3 Å². The minimum atomic E-state index is -1.02. The minimum absolute atomic E-state index is 0.375. The van der Waals surface area contributed by atoms with E-state index in [4.69, 9.17) is 5.11 Å². The molecule has 1 unspecified atom stereocenters. The van der Waals surface area contributed by atoms with Gasteiger partial charge in [0.05, 0.1) is 5.56 Å². The van der Waals surface area contributed by atoms with Gasteiger partial charge in [-0.15, -0.1) is 0 Å². The molecule has 1 aromatic heterocycles. The van der Waals surface area contributed by atoms with Crippen LogP contribution in [0.4, 0.5) is 0 Å². The molecule has 0 aliphatic carbocycles. The summed E-state index contributed by atoms with van der Waals surface area (Å²) < 4.78 is 0. The van der Waals surface area contributed by atoms with Gasteiger partial charge in [0.1, 0.15) is 6.23 Å². The number of nitrogens with one attached hydrogen (secondary N) is 1. The Balaban J connectivity index is 2.64. The zero-order valence-electron chi connectivity index (χ0n) is 6.97. The number of nitrogens with zero attached hydrogens (tertiary/aromatic N) is 1. The summed E-state index contributed by atoms with van der Waals surface area (Å²) in [6, 6.07) is 3.26. The number of aliphatic hydroxyl groups excluding tert-OH is 1. The van der Waals surface area contributed by atoms with Crippen molar-refractivity contribution in [2.24, 2.45) is 0 Å². The summed E-state index contributed by atoms with van der Waals surface area (Å²) in [4.78, 5) is 15.0. The predicted octanol–water partition coefficient (Wildman–Crippen LogP) is 0.316. The standard InChI is InChI=1S/C9H10N2O2/c1-2-8(12)11-9(13)7-4-3-5-10-6-7/h2-6,8,12H,1H2,(H,11,13). The Labute approximate surface area is 75.9 Å². The Morgan fingerprint density at radius 3 is 3.08 bits per heavy atom. The molecule has 0 aliphatic heterocycles. The lowest BCUT2D eigenvalue weighted by molar-refractivity contribution is 0.0854. The van der Waals surface area contributed by atoms with E-state index in [0.29, 0.717) is 5.56 Å². The number of carbonyl (C=O) groups is 1. The fourth-order valence-corrected chi connectivity index (χ4v) is 0.774. The van der Waals surface area contributed by atoms with Gasteiger partial charge in [-0.3, -0.25) is 9.78 Å². The first kappa shape index (κ1) is 9.41. The highest BCUT2D eigenvalue weighted by atomic mass is 16.3. The first-order chi connectivity index (χ1) is 6.24. The Kier molecular flexibility index (Phi) is 3.16. The van der Waals surface area contributed by atoms with Crippen molar-refractivity contribution in [2.75, 3.05) is 0 Å². The zero-order valence-corrected chi connectivity index (χ0v) is 6.97. The fourth-order valence-electron chi connectivity index (χ4n) is 0.774. The molecule has 0 bridgehead atoms. The molecule has 0 aliphatic rings. The highest BCUT2D eigenvalue weighted by Gasteiger charge is 2.06. The lowest BCUT2D eigenvalue weighted by Gasteiger charge is -2.07. The second-order valence-electron chi connectivity index (χ2n) is 2.40. The van der Waals surface area contributed by atoms with Gasteiger partial charge in [-0.25, -0.2) is 0 Å². The molecule has 0 saturated carbocycles. The molecule has 0 aromatic carbocycles. The average Bonchev–Trinajstić information content (AvgIpc) is 2.19. The van der Waals surface area contributed by atoms with Crippen LogP contribution in [0.3, 0.4) is 0 Å². The smallest absolute Gasteiger partial charge is 0.255 e. The van der Waals surface area contributed by atoms with E-state index < -0.39 is 6.23 Å². The van der Waals surface area contributed by atoms with E-state index in [2.05, 4.69) is 16.9 Å². The molecule has 2 N–H and O–H groups in total. The average molecular weight is 178 g/mol. The molecule has 68 valence electrons. The van der Waals surface area contributed by atoms with E-state index in [1.54, 1.807) is 18.3 Å². The molecular formula is C9H10N2O2. The zero-order chi connectivity index (χ0) is 9.68. The van der Waals surface area contributed by atoms with Crippen molar-refractivity contribution in [3.05, 3.63) is 42.7 Å². The predicted molar refractivity (Wildman–Crippen MR) is 47.9 cm³/mol. The molecule has 1 heterocycles. The van der Waals surface area contributed by atoms with E-state index in [1.807, 2.05) is 0 Å². The van der Waals surface area contributed by atoms with E-state index in [1.165, 1.54) is 12.3 Å². The number of aliphatic hydroxyl groups is 1. The molecule has 4 nitrogen and oxygen atoms in total. The van der Waals surface area contributed by atoms with Gasteiger partial charge < -0.3 is 10.4 Å². The minimum Gasteiger partial charge on any atom is -0.370 e. The van der Waals surface area contributed by atoms with Gasteiger partial charge in [0, 0.05) is 12.4 Å². The summed E-state index contributed by atoms with van der Waals surface area (Å²) in [7, 11) is 0. The van der Waals surface area contributed by atoms with Crippen LogP contribution in [0.2, 0.25) is 0 Å². The second-order valence-corrected chi connectivity index (χ2v) is 2.40. The van der Waals surface area contributed by atoms with Crippen molar-refractivity contribution < 1.29 is 9.90 Å². The van der Waals surface area contributed by atoms with Crippen LogP contribution in [0.15, 0.2) is 37.2 Å². The summed E-state index contributed by atoms with van der Waals surface area (Å²) in [5.74, 6) is -0.375. The first-order valence-electron chi connectivity index (χ1n) is 3.75. The largest absolute Gasteiger partial charge is 0.370 e. The Morgan fingerprint density at radius 2 is 2.54 bits per heavy atom. The molecule has 1 aromatic rings. The van der Waals surface area contributed by atoms with Gasteiger partial charge in [0.15, 0.2) is 0 Å². The van der Waals surface area contributed by atoms with Crippen LogP contribution in [-0.4, -0.2) is 22.2 Å². The van der Waals surface area contributed by atoms with Gasteiger partial charge in [-0.05, 0) is 18.2 Å². The third kappa shape index (κ3) is 2.68. The highest BCUT2D eigenvalue weighted by Crippen LogP contribution is 1.95. The molecule has 1 rings (SSSR count). The number of rotatable bonds is 3. The quantitative estimate of drug-likeness (QED) is 0.517. The molecule has 0 saturated heterocycles. The van der Waals surface area contributed by atoms with Crippen molar-refractivity contribution in [1.29, 1.82) is 0 Å². The maximum Gasteiger partial charge on any atom is 0.255 e. The molecular weight excluding hydrogens is 168 g/mol. The van der Waals surface area contributed by atoms with Gasteiger partial charge in [0.2, 0.25) is 0 Å². The van der Waals surface area contributed by atoms with Gasteiger partial charge >= 0.3 is 0 Å². The SMILES string of the molecule is C=CC(O)NC(=O)c1cccnc1. The number of amides is 1. The second kappa shape index (κ2) is 4.37. The summed E-state index contributed by atoms with van der Waals surface area (Å²) in [5.41, 5.74) is 0.406. The summed E-state index contributed by atoms with van der Waals surface area (Å²) in [6.45, 7) is 3.33. The number of hydrogen-bond acceptors (Lipinski definition) is 3. The molecule has 0 radical (unpaired) electrons. The van der Waals surface area contributed by atoms with Crippen LogP contribution in [0, 0.1) is 0 Å². The van der Waals surface area contributed by atoms with Gasteiger partial charge in [0.25, 0.3) is 5.91 Å². The fraction of sp³-hybridized carbons (Fsp3) is 0.111. The van der Waals surface area contributed by atoms with E-state index >= 15 is 0 Å². The number of pyridine rings is 1. The topological polar surface area (TPSA) is 62.2 Å². The van der Waals surface area contributed by atoms with Gasteiger partial charge in [-0.2, -0.15) is 0 Å². The maximum absolute atomic E-state index is 11.3. The van der Waals surface area contributed by atoms with Crippen molar-refractivity contribution in [3.8, 4) is 0 Å². The van der Waals surface area contributed by atoms with Crippen LogP contribution in [0.25, 0.3) is 0 Å². The number of hydrogen-bond donors (Lipinski definition) is 2. The first-order valence-corrected chi connectivity index (χ1v) is 3.75. The van der Waals surface area contributed by atoms with Crippen molar-refractivity contribution >= 4 is 5.91 Å². The van der Waals surface area contributed by atoms with Crippen LogP contribution < -0.4 is 5.32 Å². The molecule has 1 amide bonds. The number of aromatic nitrogens is 1. The molecule has 1 atom stereocenters. The highest BCUT2D eigenvalue weighted by molar-refractivity contribution is 5.93. The Morgan fingerprint density at radius 1 is 1.77 bits per heavy atom. The lowest BCUT2D eigenvalue weighted by atomic mass is 10.2. The normalized spacial score (nSPS) is 11.8. The van der Waals surface area contributed by atoms with Crippen molar-refractivity contribution in [3.63, 3.8) is 0 Å². The molecule has 4 heteroatoms. The van der Waals surface area contributed by atoms with Crippen LogP contribution in [0.1, 0.15) is 10.4 Å². The third-order valence-electron chi connectivity index (χ3n) is 1.43. The van der Waals surface area contributed by atoms with E-state index in [9.17, 15) is 4.79 Å². The maximum atomic E-state index is 11.3. The van der Waals surface area contributed by atoms with E-state index in [-0.39, 0.29) is 5.91 Å². The van der Waals surface area contributed by atoms with Crippen LogP contribution in [0.5, 0.6) is 0 Å². The van der Waals surface area contributed by atoms with Crippen LogP contribution >= 0.6 is 0 Å². The molecule has 0 fully saturated rings. The summed E-state index contributed by atoms with van der Waals surface area (Å²) >= 11 is 0. The monoisotopic (exact) mass is 178 g/mol. The van der Waals surface area contributed by atoms with Gasteiger partial charge in [-0.1, -0.05) is 6.58 Å². The molecule has 0 spiro atoms.